The first-order valence-electron chi connectivity index (χ1n) is 10.7. The lowest BCUT2D eigenvalue weighted by molar-refractivity contribution is -0.140. The summed E-state index contributed by atoms with van der Waals surface area (Å²) in [5.74, 6) is 0.00168. The minimum atomic E-state index is -0.909. The molecule has 2 aromatic carbocycles. The van der Waals surface area contributed by atoms with E-state index in [-0.39, 0.29) is 23.4 Å². The molecule has 0 spiro atoms. The first-order valence-corrected chi connectivity index (χ1v) is 10.7. The molecule has 176 valence electrons. The highest BCUT2D eigenvalue weighted by Crippen LogP contribution is 2.42. The molecule has 8 heteroatoms. The van der Waals surface area contributed by atoms with Crippen LogP contribution in [-0.4, -0.2) is 42.5 Å². The van der Waals surface area contributed by atoms with Crippen molar-refractivity contribution < 1.29 is 33.3 Å². The molecule has 1 aliphatic heterocycles. The van der Waals surface area contributed by atoms with Crippen LogP contribution >= 0.6 is 0 Å². The number of hydrogen-bond acceptors (Lipinski definition) is 7. The molecule has 0 aliphatic carbocycles. The molecular formula is C26H25NO7. The van der Waals surface area contributed by atoms with Gasteiger partial charge in [0.05, 0.1) is 38.2 Å². The molecule has 1 unspecified atom stereocenters. The second kappa shape index (κ2) is 9.74. The second-order valence-corrected chi connectivity index (χ2v) is 7.59. The molecule has 34 heavy (non-hydrogen) atoms. The molecule has 0 radical (unpaired) electrons. The Bertz CT molecular complexity index is 1210. The third kappa shape index (κ3) is 4.22. The van der Waals surface area contributed by atoms with Crippen LogP contribution in [0.4, 0.5) is 0 Å². The summed E-state index contributed by atoms with van der Waals surface area (Å²) < 4.78 is 21.7. The summed E-state index contributed by atoms with van der Waals surface area (Å²) in [7, 11) is 2.96. The van der Waals surface area contributed by atoms with Crippen LogP contribution in [0, 0.1) is 0 Å². The minimum Gasteiger partial charge on any atom is -0.507 e. The van der Waals surface area contributed by atoms with Gasteiger partial charge in [-0.2, -0.15) is 0 Å². The van der Waals surface area contributed by atoms with E-state index in [9.17, 15) is 14.7 Å². The molecule has 1 fully saturated rings. The van der Waals surface area contributed by atoms with Crippen LogP contribution in [0.2, 0.25) is 0 Å². The number of benzene rings is 2. The van der Waals surface area contributed by atoms with Crippen LogP contribution in [0.25, 0.3) is 5.76 Å². The van der Waals surface area contributed by atoms with Crippen molar-refractivity contribution >= 4 is 17.4 Å². The summed E-state index contributed by atoms with van der Waals surface area (Å²) in [4.78, 5) is 27.6. The predicted molar refractivity (Wildman–Crippen MR) is 124 cm³/mol. The molecule has 3 aromatic rings. The average Bonchev–Trinajstić information content (AvgIpc) is 3.47. The smallest absolute Gasteiger partial charge is 0.296 e. The largest absolute Gasteiger partial charge is 0.507 e. The van der Waals surface area contributed by atoms with E-state index in [1.807, 2.05) is 19.1 Å². The highest BCUT2D eigenvalue weighted by atomic mass is 16.5. The van der Waals surface area contributed by atoms with Crippen molar-refractivity contribution in [3.05, 3.63) is 83.3 Å². The Labute approximate surface area is 197 Å². The highest BCUT2D eigenvalue weighted by Gasteiger charge is 2.47. The van der Waals surface area contributed by atoms with Crippen LogP contribution in [0.1, 0.15) is 29.9 Å². The lowest BCUT2D eigenvalue weighted by Gasteiger charge is -2.23. The van der Waals surface area contributed by atoms with E-state index in [1.165, 1.54) is 25.4 Å². The number of Topliss-reactive ketones (excluding diaryl/α,β-unsaturated/α-hetero) is 1. The quantitative estimate of drug-likeness (QED) is 0.302. The molecule has 0 bridgehead atoms. The maximum Gasteiger partial charge on any atom is 0.296 e. The molecule has 1 amide bonds. The molecule has 4 rings (SSSR count). The van der Waals surface area contributed by atoms with Crippen molar-refractivity contribution in [2.24, 2.45) is 0 Å². The molecule has 0 saturated carbocycles. The summed E-state index contributed by atoms with van der Waals surface area (Å²) in [6.07, 6.45) is 1.46. The molecule has 1 atom stereocenters. The van der Waals surface area contributed by atoms with E-state index in [0.717, 1.165) is 5.56 Å². The van der Waals surface area contributed by atoms with Crippen molar-refractivity contribution in [1.29, 1.82) is 0 Å². The molecule has 1 N–H and O–H groups in total. The van der Waals surface area contributed by atoms with Crippen LogP contribution in [0.3, 0.4) is 0 Å². The Kier molecular flexibility index (Phi) is 6.58. The van der Waals surface area contributed by atoms with Crippen LogP contribution in [0.15, 0.2) is 70.9 Å². The van der Waals surface area contributed by atoms with Gasteiger partial charge in [0.25, 0.3) is 11.7 Å². The number of ether oxygens (including phenoxy) is 3. The summed E-state index contributed by atoms with van der Waals surface area (Å²) in [5, 5.41) is 11.2. The maximum atomic E-state index is 13.2. The molecular weight excluding hydrogens is 438 g/mol. The van der Waals surface area contributed by atoms with Gasteiger partial charge < -0.3 is 28.6 Å². The Morgan fingerprint density at radius 2 is 1.76 bits per heavy atom. The zero-order chi connectivity index (χ0) is 24.2. The summed E-state index contributed by atoms with van der Waals surface area (Å²) in [6.45, 7) is 2.58. The third-order valence-corrected chi connectivity index (χ3v) is 5.60. The number of aliphatic hydroxyl groups is 1. The van der Waals surface area contributed by atoms with Gasteiger partial charge >= 0.3 is 0 Å². The van der Waals surface area contributed by atoms with E-state index >= 15 is 0 Å². The SMILES string of the molecule is CCOc1ccc(CN2C(=O)C(=O)/C(=C(\O)c3ccc(OC)cc3OC)C2c2ccco2)cc1. The number of aliphatic hydroxyl groups excluding tert-OH is 1. The van der Waals surface area contributed by atoms with Gasteiger partial charge in [-0.05, 0) is 48.9 Å². The van der Waals surface area contributed by atoms with E-state index in [1.54, 1.807) is 42.5 Å². The van der Waals surface area contributed by atoms with Gasteiger partial charge in [0, 0.05) is 12.6 Å². The number of likely N-dealkylation sites (tertiary alicyclic amines) is 1. The third-order valence-electron chi connectivity index (χ3n) is 5.60. The number of carbonyl (C=O) groups is 2. The number of methoxy groups -OCH3 is 2. The van der Waals surface area contributed by atoms with Crippen LogP contribution in [0.5, 0.6) is 17.2 Å². The molecule has 1 aromatic heterocycles. The van der Waals surface area contributed by atoms with Gasteiger partial charge in [-0.25, -0.2) is 0 Å². The fourth-order valence-electron chi connectivity index (χ4n) is 3.98. The van der Waals surface area contributed by atoms with Crippen molar-refractivity contribution in [1.82, 2.24) is 4.90 Å². The summed E-state index contributed by atoms with van der Waals surface area (Å²) in [5.41, 5.74) is 0.984. The Morgan fingerprint density at radius 3 is 2.38 bits per heavy atom. The maximum absolute atomic E-state index is 13.2. The molecule has 1 saturated heterocycles. The fraction of sp³-hybridized carbons (Fsp3) is 0.231. The van der Waals surface area contributed by atoms with E-state index in [2.05, 4.69) is 0 Å². The second-order valence-electron chi connectivity index (χ2n) is 7.59. The number of hydrogen-bond donors (Lipinski definition) is 1. The van der Waals surface area contributed by atoms with Gasteiger partial charge in [-0.3, -0.25) is 9.59 Å². The number of rotatable bonds is 8. The van der Waals surface area contributed by atoms with Gasteiger partial charge in [-0.15, -0.1) is 0 Å². The zero-order valence-corrected chi connectivity index (χ0v) is 19.1. The molecule has 2 heterocycles. The standard InChI is InChI=1S/C26H25NO7/c1-4-33-17-9-7-16(8-10-17)15-27-23(20-6-5-13-34-20)22(25(29)26(27)30)24(28)19-12-11-18(31-2)14-21(19)32-3/h5-14,23,28H,4,15H2,1-3H3/b24-22-. The lowest BCUT2D eigenvalue weighted by atomic mass is 9.98. The van der Waals surface area contributed by atoms with E-state index < -0.39 is 17.7 Å². The number of ketones is 1. The Balaban J connectivity index is 1.78. The highest BCUT2D eigenvalue weighted by molar-refractivity contribution is 6.46. The number of furan rings is 1. The summed E-state index contributed by atoms with van der Waals surface area (Å²) >= 11 is 0. The van der Waals surface area contributed by atoms with Crippen molar-refractivity contribution in [2.45, 2.75) is 19.5 Å². The van der Waals surface area contributed by atoms with Crippen molar-refractivity contribution in [2.75, 3.05) is 20.8 Å². The summed E-state index contributed by atoms with van der Waals surface area (Å²) in [6, 6.07) is 14.5. The minimum absolute atomic E-state index is 0.0747. The van der Waals surface area contributed by atoms with Crippen molar-refractivity contribution in [3.63, 3.8) is 0 Å². The van der Waals surface area contributed by atoms with E-state index in [0.29, 0.717) is 29.6 Å². The number of nitrogens with zero attached hydrogens (tertiary/aromatic N) is 1. The first-order chi connectivity index (χ1) is 16.5. The topological polar surface area (TPSA) is 98.4 Å². The van der Waals surface area contributed by atoms with Gasteiger partial charge in [0.1, 0.15) is 34.8 Å². The monoisotopic (exact) mass is 463 g/mol. The van der Waals surface area contributed by atoms with Gasteiger partial charge in [0.15, 0.2) is 0 Å². The Morgan fingerprint density at radius 1 is 1.03 bits per heavy atom. The lowest BCUT2D eigenvalue weighted by Crippen LogP contribution is -2.29. The van der Waals surface area contributed by atoms with Gasteiger partial charge in [-0.1, -0.05) is 12.1 Å². The number of amides is 1. The molecule has 1 aliphatic rings. The zero-order valence-electron chi connectivity index (χ0n) is 19.1. The molecule has 8 nitrogen and oxygen atoms in total. The van der Waals surface area contributed by atoms with Crippen molar-refractivity contribution in [3.8, 4) is 17.2 Å². The Hall–Kier alpha value is -4.20. The van der Waals surface area contributed by atoms with Gasteiger partial charge in [0.2, 0.25) is 0 Å². The van der Waals surface area contributed by atoms with E-state index in [4.69, 9.17) is 18.6 Å². The first kappa shape index (κ1) is 23.0. The predicted octanol–water partition coefficient (Wildman–Crippen LogP) is 4.32. The number of carbonyl (C=O) groups excluding carboxylic acids is 2. The fourth-order valence-corrected chi connectivity index (χ4v) is 3.98. The van der Waals surface area contributed by atoms with Crippen LogP contribution in [-0.2, 0) is 16.1 Å². The van der Waals surface area contributed by atoms with Crippen LogP contribution < -0.4 is 14.2 Å². The average molecular weight is 463 g/mol. The normalized spacial score (nSPS) is 17.1.